The first-order valence-corrected chi connectivity index (χ1v) is 5.81. The van der Waals surface area contributed by atoms with Crippen molar-refractivity contribution in [2.75, 3.05) is 5.32 Å². The molecule has 0 saturated heterocycles. The predicted octanol–water partition coefficient (Wildman–Crippen LogP) is 2.01. The number of carbonyl (C=O) groups is 1. The van der Waals surface area contributed by atoms with Gasteiger partial charge in [0.25, 0.3) is 0 Å². The van der Waals surface area contributed by atoms with Crippen LogP contribution in [0.3, 0.4) is 0 Å². The summed E-state index contributed by atoms with van der Waals surface area (Å²) in [4.78, 5) is 11.8. The number of phenolic OH excluding ortho intramolecular Hbond substituents is 1. The highest BCUT2D eigenvalue weighted by Crippen LogP contribution is 2.20. The molecule has 0 fully saturated rings. The second kappa shape index (κ2) is 5.68. The minimum Gasteiger partial charge on any atom is -0.508 e. The average Bonchev–Trinajstić information content (AvgIpc) is 2.31. The highest BCUT2D eigenvalue weighted by molar-refractivity contribution is 5.95. The van der Waals surface area contributed by atoms with Gasteiger partial charge in [-0.15, -0.1) is 0 Å². The quantitative estimate of drug-likeness (QED) is 0.700. The number of amides is 1. The molecule has 0 bridgehead atoms. The van der Waals surface area contributed by atoms with Crippen LogP contribution in [0.5, 0.6) is 5.75 Å². The standard InChI is InChI=1S/C13H20N2O2/c1-4-8(2)12(14)13(17)15-10-5-6-11(16)9(3)7-10/h5-8,12,16H,4,14H2,1-3H3,(H,15,17)/t8?,12-/m0/s1. The molecule has 0 aliphatic heterocycles. The lowest BCUT2D eigenvalue weighted by Gasteiger charge is -2.17. The Morgan fingerprint density at radius 1 is 1.53 bits per heavy atom. The number of benzene rings is 1. The summed E-state index contributed by atoms with van der Waals surface area (Å²) in [6.07, 6.45) is 0.864. The van der Waals surface area contributed by atoms with E-state index in [1.807, 2.05) is 13.8 Å². The van der Waals surface area contributed by atoms with E-state index in [2.05, 4.69) is 5.32 Å². The molecule has 0 aliphatic rings. The van der Waals surface area contributed by atoms with Crippen molar-refractivity contribution >= 4 is 11.6 Å². The lowest BCUT2D eigenvalue weighted by molar-refractivity contribution is -0.118. The summed E-state index contributed by atoms with van der Waals surface area (Å²) < 4.78 is 0. The van der Waals surface area contributed by atoms with E-state index in [1.54, 1.807) is 25.1 Å². The number of aromatic hydroxyl groups is 1. The number of rotatable bonds is 4. The Balaban J connectivity index is 2.71. The van der Waals surface area contributed by atoms with E-state index in [0.29, 0.717) is 5.69 Å². The number of anilines is 1. The van der Waals surface area contributed by atoms with Gasteiger partial charge in [0, 0.05) is 5.69 Å². The molecule has 1 rings (SSSR count). The Bertz CT molecular complexity index is 404. The van der Waals surface area contributed by atoms with Crippen LogP contribution >= 0.6 is 0 Å². The third kappa shape index (κ3) is 3.46. The first-order chi connectivity index (χ1) is 7.95. The van der Waals surface area contributed by atoms with Gasteiger partial charge in [0.05, 0.1) is 6.04 Å². The second-order valence-corrected chi connectivity index (χ2v) is 4.40. The van der Waals surface area contributed by atoms with Gasteiger partial charge in [0.2, 0.25) is 5.91 Å². The number of nitrogens with one attached hydrogen (secondary N) is 1. The third-order valence-corrected chi connectivity index (χ3v) is 3.02. The highest BCUT2D eigenvalue weighted by Gasteiger charge is 2.19. The molecule has 94 valence electrons. The van der Waals surface area contributed by atoms with Crippen LogP contribution in [0, 0.1) is 12.8 Å². The van der Waals surface area contributed by atoms with Crippen LogP contribution in [0.1, 0.15) is 25.8 Å². The Kier molecular flexibility index (Phi) is 4.52. The van der Waals surface area contributed by atoms with E-state index in [-0.39, 0.29) is 17.6 Å². The number of nitrogens with two attached hydrogens (primary N) is 1. The van der Waals surface area contributed by atoms with Gasteiger partial charge in [-0.1, -0.05) is 20.3 Å². The summed E-state index contributed by atoms with van der Waals surface area (Å²) in [5, 5.41) is 12.1. The number of carbonyl (C=O) groups excluding carboxylic acids is 1. The molecule has 1 amide bonds. The van der Waals surface area contributed by atoms with Gasteiger partial charge < -0.3 is 16.2 Å². The fourth-order valence-corrected chi connectivity index (χ4v) is 1.47. The summed E-state index contributed by atoms with van der Waals surface area (Å²) in [6, 6.07) is 4.42. The zero-order valence-corrected chi connectivity index (χ0v) is 10.5. The van der Waals surface area contributed by atoms with E-state index in [4.69, 9.17) is 5.73 Å². The SMILES string of the molecule is CCC(C)[C@H](N)C(=O)Nc1ccc(O)c(C)c1. The van der Waals surface area contributed by atoms with Crippen LogP contribution in [-0.4, -0.2) is 17.1 Å². The average molecular weight is 236 g/mol. The molecule has 17 heavy (non-hydrogen) atoms. The minimum absolute atomic E-state index is 0.146. The van der Waals surface area contributed by atoms with Crippen LogP contribution in [-0.2, 0) is 4.79 Å². The third-order valence-electron chi connectivity index (χ3n) is 3.02. The van der Waals surface area contributed by atoms with Crippen LogP contribution in [0.2, 0.25) is 0 Å². The van der Waals surface area contributed by atoms with Gasteiger partial charge in [0.1, 0.15) is 5.75 Å². The molecule has 4 heteroatoms. The largest absolute Gasteiger partial charge is 0.508 e. The van der Waals surface area contributed by atoms with Crippen LogP contribution in [0.25, 0.3) is 0 Å². The molecule has 0 spiro atoms. The van der Waals surface area contributed by atoms with Crippen LogP contribution < -0.4 is 11.1 Å². The van der Waals surface area contributed by atoms with Gasteiger partial charge in [-0.2, -0.15) is 0 Å². The first kappa shape index (κ1) is 13.5. The summed E-state index contributed by atoms with van der Waals surface area (Å²) in [5.41, 5.74) is 7.20. The Labute approximate surface area is 102 Å². The molecule has 0 aromatic heterocycles. The van der Waals surface area contributed by atoms with Crippen LogP contribution in [0.4, 0.5) is 5.69 Å². The molecule has 0 radical (unpaired) electrons. The molecule has 0 saturated carbocycles. The topological polar surface area (TPSA) is 75.4 Å². The van der Waals surface area contributed by atoms with Crippen LogP contribution in [0.15, 0.2) is 18.2 Å². The summed E-state index contributed by atoms with van der Waals surface area (Å²) in [7, 11) is 0. The zero-order chi connectivity index (χ0) is 13.0. The molecule has 1 unspecified atom stereocenters. The Morgan fingerprint density at radius 3 is 2.71 bits per heavy atom. The Hall–Kier alpha value is -1.55. The van der Waals surface area contributed by atoms with Gasteiger partial charge in [-0.3, -0.25) is 4.79 Å². The number of hydrogen-bond donors (Lipinski definition) is 3. The van der Waals surface area contributed by atoms with Crippen molar-refractivity contribution in [2.45, 2.75) is 33.2 Å². The van der Waals surface area contributed by atoms with E-state index in [1.165, 1.54) is 0 Å². The van der Waals surface area contributed by atoms with Crippen molar-refractivity contribution in [3.8, 4) is 5.75 Å². The maximum Gasteiger partial charge on any atom is 0.241 e. The fourth-order valence-electron chi connectivity index (χ4n) is 1.47. The molecule has 0 aliphatic carbocycles. The maximum absolute atomic E-state index is 11.8. The smallest absolute Gasteiger partial charge is 0.241 e. The van der Waals surface area contributed by atoms with Crippen molar-refractivity contribution in [3.05, 3.63) is 23.8 Å². The van der Waals surface area contributed by atoms with E-state index >= 15 is 0 Å². The summed E-state index contributed by atoms with van der Waals surface area (Å²) >= 11 is 0. The summed E-state index contributed by atoms with van der Waals surface area (Å²) in [6.45, 7) is 5.73. The zero-order valence-electron chi connectivity index (χ0n) is 10.5. The highest BCUT2D eigenvalue weighted by atomic mass is 16.3. The van der Waals surface area contributed by atoms with Crippen molar-refractivity contribution in [1.82, 2.24) is 0 Å². The van der Waals surface area contributed by atoms with Gasteiger partial charge in [-0.05, 0) is 36.6 Å². The number of hydrogen-bond acceptors (Lipinski definition) is 3. The molecule has 1 aromatic carbocycles. The number of aryl methyl sites for hydroxylation is 1. The molecule has 1 aromatic rings. The van der Waals surface area contributed by atoms with Crippen molar-refractivity contribution < 1.29 is 9.90 Å². The van der Waals surface area contributed by atoms with Gasteiger partial charge in [-0.25, -0.2) is 0 Å². The van der Waals surface area contributed by atoms with E-state index in [9.17, 15) is 9.90 Å². The molecule has 2 atom stereocenters. The maximum atomic E-state index is 11.8. The lowest BCUT2D eigenvalue weighted by Crippen LogP contribution is -2.40. The normalized spacial score (nSPS) is 14.1. The molecular formula is C13H20N2O2. The first-order valence-electron chi connectivity index (χ1n) is 5.81. The molecule has 4 nitrogen and oxygen atoms in total. The second-order valence-electron chi connectivity index (χ2n) is 4.40. The fraction of sp³-hybridized carbons (Fsp3) is 0.462. The lowest BCUT2D eigenvalue weighted by atomic mass is 9.99. The molecule has 4 N–H and O–H groups in total. The van der Waals surface area contributed by atoms with Gasteiger partial charge >= 0.3 is 0 Å². The van der Waals surface area contributed by atoms with Gasteiger partial charge in [0.15, 0.2) is 0 Å². The molecular weight excluding hydrogens is 216 g/mol. The summed E-state index contributed by atoms with van der Waals surface area (Å²) in [5.74, 6) is 0.173. The number of phenols is 1. The predicted molar refractivity (Wildman–Crippen MR) is 68.9 cm³/mol. The minimum atomic E-state index is -0.505. The van der Waals surface area contributed by atoms with Crippen molar-refractivity contribution in [2.24, 2.45) is 11.7 Å². The molecule has 0 heterocycles. The Morgan fingerprint density at radius 2 is 2.18 bits per heavy atom. The monoisotopic (exact) mass is 236 g/mol. The van der Waals surface area contributed by atoms with E-state index in [0.717, 1.165) is 12.0 Å². The van der Waals surface area contributed by atoms with Crippen molar-refractivity contribution in [1.29, 1.82) is 0 Å². The van der Waals surface area contributed by atoms with E-state index < -0.39 is 6.04 Å². The van der Waals surface area contributed by atoms with Crippen molar-refractivity contribution in [3.63, 3.8) is 0 Å².